The lowest BCUT2D eigenvalue weighted by molar-refractivity contribution is 0.0942. The van der Waals surface area contributed by atoms with Crippen molar-refractivity contribution >= 4 is 23.5 Å². The summed E-state index contributed by atoms with van der Waals surface area (Å²) in [5.41, 5.74) is 6.09. The second-order valence-electron chi connectivity index (χ2n) is 3.47. The topological polar surface area (TPSA) is 68.0 Å². The van der Waals surface area contributed by atoms with Gasteiger partial charge >= 0.3 is 0 Å². The van der Waals surface area contributed by atoms with E-state index in [0.717, 1.165) is 17.9 Å². The van der Waals surface area contributed by atoms with Gasteiger partial charge < -0.3 is 11.1 Å². The van der Waals surface area contributed by atoms with Crippen molar-refractivity contribution in [2.75, 3.05) is 17.2 Å². The molecule has 0 radical (unpaired) electrons. The summed E-state index contributed by atoms with van der Waals surface area (Å²) in [6.45, 7) is 0. The molecule has 1 saturated heterocycles. The summed E-state index contributed by atoms with van der Waals surface area (Å²) in [6, 6.07) is 3.69. The van der Waals surface area contributed by atoms with Crippen molar-refractivity contribution in [3.8, 4) is 0 Å². The van der Waals surface area contributed by atoms with E-state index >= 15 is 0 Å². The van der Waals surface area contributed by atoms with Crippen molar-refractivity contribution in [1.29, 1.82) is 0 Å². The molecule has 0 spiro atoms. The number of anilines is 1. The first-order chi connectivity index (χ1) is 7.27. The van der Waals surface area contributed by atoms with Crippen LogP contribution in [-0.2, 0) is 0 Å². The molecule has 0 aliphatic carbocycles. The van der Waals surface area contributed by atoms with Crippen molar-refractivity contribution in [3.05, 3.63) is 23.9 Å². The first-order valence-electron chi connectivity index (χ1n) is 4.86. The highest BCUT2D eigenvalue weighted by Gasteiger charge is 2.19. The number of rotatable bonds is 2. The first-order valence-corrected chi connectivity index (χ1v) is 6.02. The lowest BCUT2D eigenvalue weighted by Gasteiger charge is -2.11. The maximum Gasteiger partial charge on any atom is 0.255 e. The number of nitrogen functional groups attached to an aromatic ring is 1. The van der Waals surface area contributed by atoms with Crippen molar-refractivity contribution in [3.63, 3.8) is 0 Å². The van der Waals surface area contributed by atoms with Gasteiger partial charge in [-0.25, -0.2) is 4.98 Å². The van der Waals surface area contributed by atoms with Gasteiger partial charge in [0, 0.05) is 18.0 Å². The van der Waals surface area contributed by atoms with Gasteiger partial charge in [0.2, 0.25) is 0 Å². The zero-order valence-corrected chi connectivity index (χ0v) is 9.09. The smallest absolute Gasteiger partial charge is 0.255 e. The Morgan fingerprint density at radius 2 is 2.53 bits per heavy atom. The van der Waals surface area contributed by atoms with E-state index in [0.29, 0.717) is 11.4 Å². The minimum absolute atomic E-state index is 0.117. The summed E-state index contributed by atoms with van der Waals surface area (Å²) in [6.07, 6.45) is 2.62. The molecule has 2 heterocycles. The van der Waals surface area contributed by atoms with Crippen LogP contribution in [0.4, 0.5) is 5.82 Å². The molecule has 1 aromatic rings. The Morgan fingerprint density at radius 3 is 3.20 bits per heavy atom. The summed E-state index contributed by atoms with van der Waals surface area (Å²) in [5, 5.41) is 2.96. The SMILES string of the molecule is Nc1ncccc1C(=O)NC1CCSC1. The molecule has 0 bridgehead atoms. The molecule has 5 heteroatoms. The van der Waals surface area contributed by atoms with Gasteiger partial charge in [-0.15, -0.1) is 0 Å². The zero-order chi connectivity index (χ0) is 10.7. The quantitative estimate of drug-likeness (QED) is 0.781. The summed E-state index contributed by atoms with van der Waals surface area (Å²) in [5.74, 6) is 2.29. The van der Waals surface area contributed by atoms with Crippen LogP contribution < -0.4 is 11.1 Å². The van der Waals surface area contributed by atoms with Gasteiger partial charge in [0.05, 0.1) is 5.56 Å². The molecular weight excluding hydrogens is 210 g/mol. The van der Waals surface area contributed by atoms with Gasteiger partial charge in [0.15, 0.2) is 0 Å². The van der Waals surface area contributed by atoms with Crippen LogP contribution in [0.1, 0.15) is 16.8 Å². The Hall–Kier alpha value is -1.23. The molecule has 1 amide bonds. The number of hydrogen-bond acceptors (Lipinski definition) is 4. The number of nitrogens with two attached hydrogens (primary N) is 1. The Bertz CT molecular complexity index is 363. The molecule has 15 heavy (non-hydrogen) atoms. The molecule has 1 aliphatic heterocycles. The third-order valence-corrected chi connectivity index (χ3v) is 3.51. The summed E-state index contributed by atoms with van der Waals surface area (Å²) >= 11 is 1.86. The predicted molar refractivity (Wildman–Crippen MR) is 61.8 cm³/mol. The molecule has 80 valence electrons. The van der Waals surface area contributed by atoms with Crippen LogP contribution in [0.2, 0.25) is 0 Å². The first kappa shape index (κ1) is 10.3. The molecule has 1 aliphatic rings. The van der Waals surface area contributed by atoms with E-state index in [1.807, 2.05) is 11.8 Å². The fraction of sp³-hybridized carbons (Fsp3) is 0.400. The van der Waals surface area contributed by atoms with E-state index < -0.39 is 0 Å². The maximum absolute atomic E-state index is 11.8. The second-order valence-corrected chi connectivity index (χ2v) is 4.62. The van der Waals surface area contributed by atoms with Crippen LogP contribution in [-0.4, -0.2) is 28.4 Å². The van der Waals surface area contributed by atoms with Crippen molar-refractivity contribution in [2.24, 2.45) is 0 Å². The van der Waals surface area contributed by atoms with E-state index in [4.69, 9.17) is 5.73 Å². The second kappa shape index (κ2) is 4.53. The molecular formula is C10H13N3OS. The monoisotopic (exact) mass is 223 g/mol. The van der Waals surface area contributed by atoms with E-state index in [2.05, 4.69) is 10.3 Å². The number of nitrogens with one attached hydrogen (secondary N) is 1. The zero-order valence-electron chi connectivity index (χ0n) is 8.27. The largest absolute Gasteiger partial charge is 0.383 e. The third kappa shape index (κ3) is 2.41. The fourth-order valence-corrected chi connectivity index (χ4v) is 2.67. The molecule has 1 fully saturated rings. The van der Waals surface area contributed by atoms with Crippen molar-refractivity contribution < 1.29 is 4.79 Å². The molecule has 3 N–H and O–H groups in total. The van der Waals surface area contributed by atoms with Crippen molar-refractivity contribution in [2.45, 2.75) is 12.5 Å². The number of thioether (sulfide) groups is 1. The summed E-state index contributed by atoms with van der Waals surface area (Å²) < 4.78 is 0. The fourth-order valence-electron chi connectivity index (χ4n) is 1.52. The Morgan fingerprint density at radius 1 is 1.67 bits per heavy atom. The highest BCUT2D eigenvalue weighted by Crippen LogP contribution is 2.18. The van der Waals surface area contributed by atoms with Crippen molar-refractivity contribution in [1.82, 2.24) is 10.3 Å². The van der Waals surface area contributed by atoms with E-state index in [1.54, 1.807) is 18.3 Å². The van der Waals surface area contributed by atoms with E-state index in [1.165, 1.54) is 0 Å². The molecule has 1 atom stereocenters. The minimum atomic E-state index is -0.117. The van der Waals surface area contributed by atoms with Crippen LogP contribution in [0, 0.1) is 0 Å². The Balaban J connectivity index is 2.04. The van der Waals surface area contributed by atoms with Crippen LogP contribution in [0.15, 0.2) is 18.3 Å². The number of nitrogens with zero attached hydrogens (tertiary/aromatic N) is 1. The van der Waals surface area contributed by atoms with Crippen LogP contribution >= 0.6 is 11.8 Å². The number of amides is 1. The average Bonchev–Trinajstić information content (AvgIpc) is 2.71. The van der Waals surface area contributed by atoms with Crippen LogP contribution in [0.5, 0.6) is 0 Å². The Labute approximate surface area is 92.6 Å². The standard InChI is InChI=1S/C10H13N3OS/c11-9-8(2-1-4-12-9)10(14)13-7-3-5-15-6-7/h1-2,4,7H,3,5-6H2,(H2,11,12)(H,13,14). The lowest BCUT2D eigenvalue weighted by Crippen LogP contribution is -2.35. The summed E-state index contributed by atoms with van der Waals surface area (Å²) in [7, 11) is 0. The van der Waals surface area contributed by atoms with E-state index in [-0.39, 0.29) is 11.9 Å². The number of carbonyl (C=O) groups is 1. The number of carbonyl (C=O) groups excluding carboxylic acids is 1. The van der Waals surface area contributed by atoms with Gasteiger partial charge in [-0.3, -0.25) is 4.79 Å². The number of pyridine rings is 1. The van der Waals surface area contributed by atoms with Gasteiger partial charge in [-0.2, -0.15) is 11.8 Å². The number of aromatic nitrogens is 1. The maximum atomic E-state index is 11.8. The lowest BCUT2D eigenvalue weighted by atomic mass is 10.2. The molecule has 2 rings (SSSR count). The minimum Gasteiger partial charge on any atom is -0.383 e. The van der Waals surface area contributed by atoms with Gasteiger partial charge in [0.1, 0.15) is 5.82 Å². The third-order valence-electron chi connectivity index (χ3n) is 2.35. The highest BCUT2D eigenvalue weighted by molar-refractivity contribution is 7.99. The molecule has 0 aromatic carbocycles. The van der Waals surface area contributed by atoms with Crippen LogP contribution in [0.25, 0.3) is 0 Å². The summed E-state index contributed by atoms with van der Waals surface area (Å²) in [4.78, 5) is 15.7. The highest BCUT2D eigenvalue weighted by atomic mass is 32.2. The van der Waals surface area contributed by atoms with E-state index in [9.17, 15) is 4.79 Å². The molecule has 4 nitrogen and oxygen atoms in total. The van der Waals surface area contributed by atoms with Gasteiger partial charge in [0.25, 0.3) is 5.91 Å². The van der Waals surface area contributed by atoms with Gasteiger partial charge in [-0.1, -0.05) is 0 Å². The molecule has 1 aromatic heterocycles. The Kier molecular flexibility index (Phi) is 3.11. The normalized spacial score (nSPS) is 20.1. The molecule has 1 unspecified atom stereocenters. The van der Waals surface area contributed by atoms with Gasteiger partial charge in [-0.05, 0) is 24.3 Å². The predicted octanol–water partition coefficient (Wildman–Crippen LogP) is 0.899. The average molecular weight is 223 g/mol. The number of hydrogen-bond donors (Lipinski definition) is 2. The van der Waals surface area contributed by atoms with Crippen LogP contribution in [0.3, 0.4) is 0 Å². The molecule has 0 saturated carbocycles.